The van der Waals surface area contributed by atoms with Gasteiger partial charge in [-0.15, -0.1) is 0 Å². The van der Waals surface area contributed by atoms with Gasteiger partial charge in [-0.05, 0) is 26.3 Å². The van der Waals surface area contributed by atoms with Crippen LogP contribution in [0.15, 0.2) is 11.6 Å². The SMILES string of the molecule is C/C=C(\C)C(C)F. The molecule has 0 saturated heterocycles. The molecule has 0 rings (SSSR count). The van der Waals surface area contributed by atoms with E-state index in [1.807, 2.05) is 6.92 Å². The first-order valence-electron chi connectivity index (χ1n) is 2.45. The first-order chi connectivity index (χ1) is 3.18. The van der Waals surface area contributed by atoms with Gasteiger partial charge in [-0.25, -0.2) is 4.39 Å². The zero-order chi connectivity index (χ0) is 5.86. The maximum atomic E-state index is 12.0. The Morgan fingerprint density at radius 3 is 2.14 bits per heavy atom. The summed E-state index contributed by atoms with van der Waals surface area (Å²) in [5.41, 5.74) is 0.806. The molecule has 0 aliphatic carbocycles. The summed E-state index contributed by atoms with van der Waals surface area (Å²) in [4.78, 5) is 0. The second-order valence-corrected chi connectivity index (χ2v) is 1.65. The lowest BCUT2D eigenvalue weighted by molar-refractivity contribution is 0.411. The first kappa shape index (κ1) is 6.67. The van der Waals surface area contributed by atoms with Crippen LogP contribution in [0.5, 0.6) is 0 Å². The fourth-order valence-electron chi connectivity index (χ4n) is 0.230. The minimum Gasteiger partial charge on any atom is -0.243 e. The van der Waals surface area contributed by atoms with Gasteiger partial charge in [0, 0.05) is 0 Å². The third-order valence-electron chi connectivity index (χ3n) is 1.08. The summed E-state index contributed by atoms with van der Waals surface area (Å²) in [6.07, 6.45) is 1.01. The van der Waals surface area contributed by atoms with E-state index in [1.165, 1.54) is 6.92 Å². The molecule has 0 aromatic heterocycles. The fourth-order valence-corrected chi connectivity index (χ4v) is 0.230. The van der Waals surface area contributed by atoms with Gasteiger partial charge in [0.2, 0.25) is 0 Å². The molecule has 0 saturated carbocycles. The maximum absolute atomic E-state index is 12.0. The highest BCUT2D eigenvalue weighted by molar-refractivity contribution is 5.00. The van der Waals surface area contributed by atoms with Gasteiger partial charge in [-0.2, -0.15) is 0 Å². The lowest BCUT2D eigenvalue weighted by atomic mass is 10.2. The molecular formula is C6H11F. The number of allylic oxidation sites excluding steroid dienone is 2. The van der Waals surface area contributed by atoms with Gasteiger partial charge in [0.15, 0.2) is 0 Å². The Morgan fingerprint density at radius 1 is 1.71 bits per heavy atom. The van der Waals surface area contributed by atoms with E-state index in [4.69, 9.17) is 0 Å². The standard InChI is InChI=1S/C6H11F/c1-4-5(2)6(3)7/h4,6H,1-3H3/b5-4+. The lowest BCUT2D eigenvalue weighted by Gasteiger charge is -1.96. The summed E-state index contributed by atoms with van der Waals surface area (Å²) in [5, 5.41) is 0. The second kappa shape index (κ2) is 2.78. The summed E-state index contributed by atoms with van der Waals surface area (Å²) in [7, 11) is 0. The average Bonchev–Trinajstić information content (AvgIpc) is 1.65. The van der Waals surface area contributed by atoms with Crippen molar-refractivity contribution in [1.82, 2.24) is 0 Å². The number of halogens is 1. The van der Waals surface area contributed by atoms with Crippen molar-refractivity contribution >= 4 is 0 Å². The van der Waals surface area contributed by atoms with E-state index < -0.39 is 6.17 Å². The van der Waals surface area contributed by atoms with Crippen molar-refractivity contribution in [2.45, 2.75) is 26.9 Å². The van der Waals surface area contributed by atoms with Crippen molar-refractivity contribution in [1.29, 1.82) is 0 Å². The smallest absolute Gasteiger partial charge is 0.118 e. The second-order valence-electron chi connectivity index (χ2n) is 1.65. The predicted molar refractivity (Wildman–Crippen MR) is 30.0 cm³/mol. The molecule has 0 N–H and O–H groups in total. The van der Waals surface area contributed by atoms with Crippen LogP contribution in [0, 0.1) is 0 Å². The van der Waals surface area contributed by atoms with E-state index in [0.717, 1.165) is 5.57 Å². The highest BCUT2D eigenvalue weighted by Gasteiger charge is 1.95. The van der Waals surface area contributed by atoms with Crippen LogP contribution >= 0.6 is 0 Å². The summed E-state index contributed by atoms with van der Waals surface area (Å²) in [6.45, 7) is 5.16. The highest BCUT2D eigenvalue weighted by Crippen LogP contribution is 2.02. The number of alkyl halides is 1. The van der Waals surface area contributed by atoms with E-state index >= 15 is 0 Å². The third-order valence-corrected chi connectivity index (χ3v) is 1.08. The van der Waals surface area contributed by atoms with E-state index in [0.29, 0.717) is 0 Å². The van der Waals surface area contributed by atoms with Crippen molar-refractivity contribution in [3.05, 3.63) is 11.6 Å². The molecule has 1 heteroatoms. The van der Waals surface area contributed by atoms with E-state index in [-0.39, 0.29) is 0 Å². The van der Waals surface area contributed by atoms with Crippen LogP contribution in [-0.4, -0.2) is 6.17 Å². The van der Waals surface area contributed by atoms with Crippen LogP contribution in [0.3, 0.4) is 0 Å². The van der Waals surface area contributed by atoms with Crippen molar-refractivity contribution in [3.8, 4) is 0 Å². The number of hydrogen-bond donors (Lipinski definition) is 0. The minimum atomic E-state index is -0.773. The highest BCUT2D eigenvalue weighted by atomic mass is 19.1. The van der Waals surface area contributed by atoms with E-state index in [1.54, 1.807) is 13.0 Å². The van der Waals surface area contributed by atoms with Gasteiger partial charge >= 0.3 is 0 Å². The molecule has 42 valence electrons. The molecule has 1 atom stereocenters. The Balaban J connectivity index is 3.56. The normalized spacial score (nSPS) is 16.9. The topological polar surface area (TPSA) is 0 Å². The van der Waals surface area contributed by atoms with Gasteiger partial charge in [0.05, 0.1) is 0 Å². The summed E-state index contributed by atoms with van der Waals surface area (Å²) in [6, 6.07) is 0. The Hall–Kier alpha value is -0.330. The third kappa shape index (κ3) is 2.38. The molecule has 1 unspecified atom stereocenters. The average molecular weight is 102 g/mol. The molecule has 0 bridgehead atoms. The monoisotopic (exact) mass is 102 g/mol. The van der Waals surface area contributed by atoms with Gasteiger partial charge in [-0.3, -0.25) is 0 Å². The van der Waals surface area contributed by atoms with E-state index in [2.05, 4.69) is 0 Å². The molecule has 0 radical (unpaired) electrons. The van der Waals surface area contributed by atoms with Gasteiger partial charge in [0.1, 0.15) is 6.17 Å². The van der Waals surface area contributed by atoms with Crippen molar-refractivity contribution < 1.29 is 4.39 Å². The quantitative estimate of drug-likeness (QED) is 0.446. The predicted octanol–water partition coefficient (Wildman–Crippen LogP) is 2.31. The lowest BCUT2D eigenvalue weighted by Crippen LogP contribution is -1.91. The molecule has 0 aromatic carbocycles. The molecule has 0 aliphatic rings. The van der Waals surface area contributed by atoms with Crippen molar-refractivity contribution in [3.63, 3.8) is 0 Å². The molecule has 0 aromatic rings. The summed E-state index contributed by atoms with van der Waals surface area (Å²) < 4.78 is 12.0. The molecule has 0 heterocycles. The molecule has 0 amide bonds. The Labute approximate surface area is 44.0 Å². The zero-order valence-electron chi connectivity index (χ0n) is 5.03. The molecule has 7 heavy (non-hydrogen) atoms. The molecule has 0 spiro atoms. The minimum absolute atomic E-state index is 0.773. The maximum Gasteiger partial charge on any atom is 0.118 e. The van der Waals surface area contributed by atoms with Crippen LogP contribution in [0.1, 0.15) is 20.8 Å². The van der Waals surface area contributed by atoms with Crippen LogP contribution in [0.25, 0.3) is 0 Å². The van der Waals surface area contributed by atoms with Crippen LogP contribution in [0.4, 0.5) is 4.39 Å². The summed E-state index contributed by atoms with van der Waals surface area (Å²) >= 11 is 0. The largest absolute Gasteiger partial charge is 0.243 e. The molecule has 0 nitrogen and oxygen atoms in total. The van der Waals surface area contributed by atoms with Gasteiger partial charge < -0.3 is 0 Å². The zero-order valence-corrected chi connectivity index (χ0v) is 5.03. The van der Waals surface area contributed by atoms with Crippen LogP contribution < -0.4 is 0 Å². The van der Waals surface area contributed by atoms with Crippen LogP contribution in [-0.2, 0) is 0 Å². The number of rotatable bonds is 1. The Morgan fingerprint density at radius 2 is 2.14 bits per heavy atom. The Kier molecular flexibility index (Phi) is 2.65. The van der Waals surface area contributed by atoms with E-state index in [9.17, 15) is 4.39 Å². The number of hydrogen-bond acceptors (Lipinski definition) is 0. The molecule has 0 fully saturated rings. The first-order valence-corrected chi connectivity index (χ1v) is 2.45. The van der Waals surface area contributed by atoms with Gasteiger partial charge in [0.25, 0.3) is 0 Å². The molecule has 0 aliphatic heterocycles. The van der Waals surface area contributed by atoms with Crippen molar-refractivity contribution in [2.24, 2.45) is 0 Å². The van der Waals surface area contributed by atoms with Crippen LogP contribution in [0.2, 0.25) is 0 Å². The fraction of sp³-hybridized carbons (Fsp3) is 0.667. The Bertz CT molecular complexity index is 72.2. The van der Waals surface area contributed by atoms with Gasteiger partial charge in [-0.1, -0.05) is 6.08 Å². The molecular weight excluding hydrogens is 91.1 g/mol. The van der Waals surface area contributed by atoms with Crippen molar-refractivity contribution in [2.75, 3.05) is 0 Å². The summed E-state index contributed by atoms with van der Waals surface area (Å²) in [5.74, 6) is 0.